The molecule has 0 atom stereocenters. The van der Waals surface area contributed by atoms with Crippen molar-refractivity contribution in [3.05, 3.63) is 59.5 Å². The van der Waals surface area contributed by atoms with Gasteiger partial charge in [-0.15, -0.1) is 5.43 Å². The second-order valence-electron chi connectivity index (χ2n) is 4.68. The van der Waals surface area contributed by atoms with Crippen molar-refractivity contribution in [2.75, 3.05) is 19.5 Å². The summed E-state index contributed by atoms with van der Waals surface area (Å²) in [7, 11) is 3.32. The molecule has 98 valence electrons. The highest BCUT2D eigenvalue weighted by atomic mass is 16.5. The zero-order chi connectivity index (χ0) is 13.9. The van der Waals surface area contributed by atoms with Crippen LogP contribution in [0.1, 0.15) is 0 Å². The minimum Gasteiger partial charge on any atom is -0.212 e. The minimum atomic E-state index is -0.250. The average molecular weight is 259 g/mol. The van der Waals surface area contributed by atoms with Gasteiger partial charge < -0.3 is 0 Å². The first kappa shape index (κ1) is 13.2. The van der Waals surface area contributed by atoms with Crippen LogP contribution in [0.5, 0.6) is 0 Å². The number of nitrogens with zero attached hydrogens (tertiary/aromatic N) is 2. The van der Waals surface area contributed by atoms with Crippen molar-refractivity contribution in [3.63, 3.8) is 0 Å². The lowest BCUT2D eigenvalue weighted by Gasteiger charge is -2.18. The fraction of sp³-hybridized carbons (Fsp3) is 0.143. The summed E-state index contributed by atoms with van der Waals surface area (Å²) in [5, 5.41) is 9.78. The standard InChI is InChI=1S/C14H17N3O2/c1-17(2,19)14-10-8-12(9-11-14)15-16(18)13-6-4-3-5-7-13/h3-11,19H,1-2H3,(H,15,18)/q+2. The van der Waals surface area contributed by atoms with Gasteiger partial charge in [0.25, 0.3) is 5.69 Å². The summed E-state index contributed by atoms with van der Waals surface area (Å²) in [5.41, 5.74) is 4.66. The van der Waals surface area contributed by atoms with E-state index in [-0.39, 0.29) is 4.65 Å². The van der Waals surface area contributed by atoms with Crippen LogP contribution in [0.2, 0.25) is 0 Å². The van der Waals surface area contributed by atoms with Crippen LogP contribution in [0.4, 0.5) is 17.1 Å². The second kappa shape index (κ2) is 5.17. The molecule has 2 rings (SSSR count). The molecule has 2 aromatic rings. The van der Waals surface area contributed by atoms with Gasteiger partial charge in [-0.2, -0.15) is 4.65 Å². The van der Waals surface area contributed by atoms with Crippen molar-refractivity contribution in [1.29, 1.82) is 0 Å². The van der Waals surface area contributed by atoms with Crippen molar-refractivity contribution in [3.8, 4) is 0 Å². The predicted molar refractivity (Wildman–Crippen MR) is 75.2 cm³/mol. The molecule has 0 amide bonds. The lowest BCUT2D eigenvalue weighted by molar-refractivity contribution is -0.427. The highest BCUT2D eigenvalue weighted by Crippen LogP contribution is 2.20. The highest BCUT2D eigenvalue weighted by molar-refractivity contribution is 5.51. The molecule has 0 radical (unpaired) electrons. The summed E-state index contributed by atoms with van der Waals surface area (Å²) < 4.78 is -0.250. The Labute approximate surface area is 111 Å². The second-order valence-corrected chi connectivity index (χ2v) is 4.68. The number of nitrogens with one attached hydrogen (secondary N) is 1. The van der Waals surface area contributed by atoms with Gasteiger partial charge in [0.2, 0.25) is 0 Å². The Kier molecular flexibility index (Phi) is 3.59. The van der Waals surface area contributed by atoms with Crippen LogP contribution in [0, 0.1) is 4.91 Å². The number of para-hydroxylation sites is 1. The molecule has 0 bridgehead atoms. The number of rotatable bonds is 4. The average Bonchev–Trinajstić information content (AvgIpc) is 2.39. The van der Waals surface area contributed by atoms with Gasteiger partial charge in [0, 0.05) is 24.3 Å². The summed E-state index contributed by atoms with van der Waals surface area (Å²) in [5.74, 6) is 0. The van der Waals surface area contributed by atoms with Gasteiger partial charge in [-0.3, -0.25) is 0 Å². The van der Waals surface area contributed by atoms with E-state index < -0.39 is 0 Å². The van der Waals surface area contributed by atoms with Crippen molar-refractivity contribution in [1.82, 2.24) is 4.65 Å². The quantitative estimate of drug-likeness (QED) is 0.504. The Morgan fingerprint density at radius 2 is 1.58 bits per heavy atom. The number of hydrogen-bond acceptors (Lipinski definition) is 2. The van der Waals surface area contributed by atoms with Crippen molar-refractivity contribution in [2.24, 2.45) is 0 Å². The monoisotopic (exact) mass is 259 g/mol. The van der Waals surface area contributed by atoms with Gasteiger partial charge >= 0.3 is 0 Å². The Hall–Kier alpha value is -2.24. The molecule has 2 aromatic carbocycles. The summed E-state index contributed by atoms with van der Waals surface area (Å²) in [4.78, 5) is 12.6. The molecule has 0 fully saturated rings. The summed E-state index contributed by atoms with van der Waals surface area (Å²) >= 11 is 0. The molecule has 0 saturated carbocycles. The van der Waals surface area contributed by atoms with Crippen LogP contribution < -0.4 is 10.1 Å². The van der Waals surface area contributed by atoms with Gasteiger partial charge in [0.1, 0.15) is 19.8 Å². The van der Waals surface area contributed by atoms with Gasteiger partial charge in [-0.1, -0.05) is 18.2 Å². The number of benzene rings is 2. The summed E-state index contributed by atoms with van der Waals surface area (Å²) in [6.45, 7) is 0. The molecule has 0 aliphatic rings. The number of nitroso groups, excluding NO2 is 1. The summed E-state index contributed by atoms with van der Waals surface area (Å²) in [6.07, 6.45) is 0. The fourth-order valence-corrected chi connectivity index (χ4v) is 1.65. The van der Waals surface area contributed by atoms with E-state index in [4.69, 9.17) is 0 Å². The van der Waals surface area contributed by atoms with Crippen molar-refractivity contribution in [2.45, 2.75) is 0 Å². The Bertz CT molecular complexity index is 559. The first-order chi connectivity index (χ1) is 8.97. The van der Waals surface area contributed by atoms with E-state index in [1.54, 1.807) is 62.6 Å². The van der Waals surface area contributed by atoms with Gasteiger partial charge in [-0.05, 0) is 12.1 Å². The molecule has 19 heavy (non-hydrogen) atoms. The maximum absolute atomic E-state index is 11.8. The first-order valence-corrected chi connectivity index (χ1v) is 5.93. The predicted octanol–water partition coefficient (Wildman–Crippen LogP) is 3.08. The smallest absolute Gasteiger partial charge is 0.212 e. The fourth-order valence-electron chi connectivity index (χ4n) is 1.65. The van der Waals surface area contributed by atoms with Gasteiger partial charge in [0.15, 0.2) is 10.6 Å². The third-order valence-electron chi connectivity index (χ3n) is 2.72. The third kappa shape index (κ3) is 3.37. The van der Waals surface area contributed by atoms with Crippen LogP contribution in [-0.2, 0) is 0 Å². The maximum atomic E-state index is 11.8. The van der Waals surface area contributed by atoms with Crippen molar-refractivity contribution < 1.29 is 10.1 Å². The minimum absolute atomic E-state index is 0.250. The molecule has 0 heterocycles. The lowest BCUT2D eigenvalue weighted by atomic mass is 10.2. The largest absolute Gasteiger partial charge is 0.292 e. The van der Waals surface area contributed by atoms with Crippen LogP contribution in [-0.4, -0.2) is 24.2 Å². The number of hydrogen-bond donors (Lipinski definition) is 2. The molecular formula is C14H17N3O2+2. The zero-order valence-electron chi connectivity index (χ0n) is 10.9. The van der Waals surface area contributed by atoms with E-state index in [1.807, 2.05) is 6.07 Å². The van der Waals surface area contributed by atoms with Crippen molar-refractivity contribution >= 4 is 17.1 Å². The molecular weight excluding hydrogens is 242 g/mol. The normalized spacial score (nSPS) is 11.1. The molecule has 0 unspecified atom stereocenters. The Morgan fingerprint density at radius 3 is 2.11 bits per heavy atom. The first-order valence-electron chi connectivity index (χ1n) is 5.93. The number of anilines is 1. The Morgan fingerprint density at radius 1 is 1.00 bits per heavy atom. The lowest BCUT2D eigenvalue weighted by Crippen LogP contribution is -2.35. The van der Waals surface area contributed by atoms with E-state index >= 15 is 0 Å². The molecule has 0 aromatic heterocycles. The maximum Gasteiger partial charge on any atom is 0.292 e. The summed E-state index contributed by atoms with van der Waals surface area (Å²) in [6, 6.07) is 15.9. The van der Waals surface area contributed by atoms with Crippen LogP contribution in [0.3, 0.4) is 0 Å². The topological polar surface area (TPSA) is 52.3 Å². The van der Waals surface area contributed by atoms with Crippen LogP contribution in [0.25, 0.3) is 0 Å². The molecule has 5 nitrogen and oxygen atoms in total. The molecule has 0 saturated heterocycles. The highest BCUT2D eigenvalue weighted by Gasteiger charge is 2.17. The Balaban J connectivity index is 2.10. The SMILES string of the molecule is C[N+](C)(O)c1ccc(N[N+](=O)c2ccccc2)cc1. The molecule has 5 heteroatoms. The third-order valence-corrected chi connectivity index (χ3v) is 2.72. The number of quaternary nitrogens is 1. The van der Waals surface area contributed by atoms with Crippen LogP contribution in [0.15, 0.2) is 54.6 Å². The number of hydrazine groups is 1. The van der Waals surface area contributed by atoms with E-state index in [2.05, 4.69) is 5.43 Å². The number of hydroxylamine groups is 2. The van der Waals surface area contributed by atoms with E-state index in [9.17, 15) is 10.1 Å². The zero-order valence-corrected chi connectivity index (χ0v) is 10.9. The molecule has 0 aliphatic carbocycles. The van der Waals surface area contributed by atoms with E-state index in [0.29, 0.717) is 16.2 Å². The molecule has 0 aliphatic heterocycles. The van der Waals surface area contributed by atoms with Crippen LogP contribution >= 0.6 is 0 Å². The molecule has 2 N–H and O–H groups in total. The molecule has 0 spiro atoms. The van der Waals surface area contributed by atoms with E-state index in [0.717, 1.165) is 5.69 Å². The van der Waals surface area contributed by atoms with E-state index in [1.165, 1.54) is 0 Å². The van der Waals surface area contributed by atoms with Gasteiger partial charge in [0.05, 0.1) is 4.91 Å². The van der Waals surface area contributed by atoms with Gasteiger partial charge in [-0.25, -0.2) is 5.21 Å².